The molecule has 0 unspecified atom stereocenters. The van der Waals surface area contributed by atoms with E-state index in [4.69, 9.17) is 4.74 Å². The Balaban J connectivity index is 2.56. The minimum absolute atomic E-state index is 0.595. The van der Waals surface area contributed by atoms with Crippen molar-refractivity contribution < 1.29 is 4.74 Å². The van der Waals surface area contributed by atoms with Crippen molar-refractivity contribution in [2.75, 3.05) is 7.11 Å². The predicted octanol–water partition coefficient (Wildman–Crippen LogP) is 2.77. The molecule has 0 fully saturated rings. The minimum Gasteiger partial charge on any atom is -0.480 e. The Hall–Kier alpha value is -1.90. The van der Waals surface area contributed by atoms with E-state index in [2.05, 4.69) is 10.2 Å². The zero-order valence-electron chi connectivity index (χ0n) is 9.69. The van der Waals surface area contributed by atoms with Crippen LogP contribution in [0.3, 0.4) is 0 Å². The van der Waals surface area contributed by atoms with Crippen molar-refractivity contribution in [3.05, 3.63) is 41.5 Å². The standard InChI is InChI=1S/C13H14N2O/c1-9-10(2)13(16-3)15-14-12(9)11-7-5-4-6-8-11/h4-8H,1-3H3. The van der Waals surface area contributed by atoms with Gasteiger partial charge in [-0.25, -0.2) is 0 Å². The van der Waals surface area contributed by atoms with E-state index in [1.165, 1.54) is 0 Å². The second kappa shape index (κ2) is 4.31. The summed E-state index contributed by atoms with van der Waals surface area (Å²) in [5, 5.41) is 8.27. The number of benzene rings is 1. The van der Waals surface area contributed by atoms with E-state index >= 15 is 0 Å². The number of hydrogen-bond donors (Lipinski definition) is 0. The number of nitrogens with zero attached hydrogens (tertiary/aromatic N) is 2. The van der Waals surface area contributed by atoms with Crippen LogP contribution in [0, 0.1) is 13.8 Å². The molecule has 0 spiro atoms. The lowest BCUT2D eigenvalue weighted by atomic mass is 10.0. The van der Waals surface area contributed by atoms with Crippen LogP contribution in [0.4, 0.5) is 0 Å². The van der Waals surface area contributed by atoms with Gasteiger partial charge in [0.05, 0.1) is 12.8 Å². The van der Waals surface area contributed by atoms with Crippen molar-refractivity contribution in [3.8, 4) is 17.1 Å². The fourth-order valence-electron chi connectivity index (χ4n) is 1.65. The lowest BCUT2D eigenvalue weighted by molar-refractivity contribution is 0.388. The maximum Gasteiger partial charge on any atom is 0.236 e. The summed E-state index contributed by atoms with van der Waals surface area (Å²) in [6.45, 7) is 4.03. The largest absolute Gasteiger partial charge is 0.480 e. The fraction of sp³-hybridized carbons (Fsp3) is 0.231. The highest BCUT2D eigenvalue weighted by molar-refractivity contribution is 5.64. The number of methoxy groups -OCH3 is 1. The highest BCUT2D eigenvalue weighted by Crippen LogP contribution is 2.26. The van der Waals surface area contributed by atoms with Crippen LogP contribution in [0.2, 0.25) is 0 Å². The molecule has 0 N–H and O–H groups in total. The smallest absolute Gasteiger partial charge is 0.236 e. The van der Waals surface area contributed by atoms with Crippen molar-refractivity contribution in [2.24, 2.45) is 0 Å². The van der Waals surface area contributed by atoms with E-state index in [1.54, 1.807) is 7.11 Å². The van der Waals surface area contributed by atoms with Gasteiger partial charge in [0.1, 0.15) is 0 Å². The molecule has 0 radical (unpaired) electrons. The molecular weight excluding hydrogens is 200 g/mol. The summed E-state index contributed by atoms with van der Waals surface area (Å²) in [6, 6.07) is 10.0. The Morgan fingerprint density at radius 2 is 1.62 bits per heavy atom. The van der Waals surface area contributed by atoms with Gasteiger partial charge in [0.15, 0.2) is 0 Å². The summed E-state index contributed by atoms with van der Waals surface area (Å²) in [6.07, 6.45) is 0. The molecule has 2 rings (SSSR count). The second-order valence-corrected chi connectivity index (χ2v) is 3.67. The van der Waals surface area contributed by atoms with Gasteiger partial charge in [0.25, 0.3) is 0 Å². The quantitative estimate of drug-likeness (QED) is 0.771. The third-order valence-electron chi connectivity index (χ3n) is 2.72. The Labute approximate surface area is 95.1 Å². The summed E-state index contributed by atoms with van der Waals surface area (Å²) in [4.78, 5) is 0. The van der Waals surface area contributed by atoms with Crippen molar-refractivity contribution >= 4 is 0 Å². The molecule has 1 aromatic carbocycles. The van der Waals surface area contributed by atoms with E-state index in [1.807, 2.05) is 44.2 Å². The Morgan fingerprint density at radius 1 is 0.938 bits per heavy atom. The molecular formula is C13H14N2O. The SMILES string of the molecule is COc1nnc(-c2ccccc2)c(C)c1C. The highest BCUT2D eigenvalue weighted by atomic mass is 16.5. The zero-order chi connectivity index (χ0) is 11.5. The van der Waals surface area contributed by atoms with Gasteiger partial charge in [-0.3, -0.25) is 0 Å². The van der Waals surface area contributed by atoms with Crippen molar-refractivity contribution in [1.82, 2.24) is 10.2 Å². The zero-order valence-corrected chi connectivity index (χ0v) is 9.69. The third-order valence-corrected chi connectivity index (χ3v) is 2.72. The van der Waals surface area contributed by atoms with Crippen LogP contribution < -0.4 is 4.74 Å². The monoisotopic (exact) mass is 214 g/mol. The summed E-state index contributed by atoms with van der Waals surface area (Å²) < 4.78 is 5.14. The van der Waals surface area contributed by atoms with Crippen LogP contribution in [-0.4, -0.2) is 17.3 Å². The average molecular weight is 214 g/mol. The fourth-order valence-corrected chi connectivity index (χ4v) is 1.65. The second-order valence-electron chi connectivity index (χ2n) is 3.67. The molecule has 3 nitrogen and oxygen atoms in total. The highest BCUT2D eigenvalue weighted by Gasteiger charge is 2.10. The first-order valence-electron chi connectivity index (χ1n) is 5.17. The topological polar surface area (TPSA) is 35.0 Å². The van der Waals surface area contributed by atoms with E-state index in [0.29, 0.717) is 5.88 Å². The molecule has 0 aliphatic carbocycles. The number of ether oxygens (including phenoxy) is 1. The molecule has 0 aliphatic heterocycles. The first-order chi connectivity index (χ1) is 7.74. The molecule has 1 aromatic heterocycles. The molecule has 0 saturated heterocycles. The summed E-state index contributed by atoms with van der Waals surface area (Å²) in [5.41, 5.74) is 4.14. The lowest BCUT2D eigenvalue weighted by Gasteiger charge is -2.09. The van der Waals surface area contributed by atoms with E-state index in [0.717, 1.165) is 22.4 Å². The molecule has 0 saturated carbocycles. The van der Waals surface area contributed by atoms with Crippen LogP contribution in [0.1, 0.15) is 11.1 Å². The van der Waals surface area contributed by atoms with Crippen molar-refractivity contribution in [2.45, 2.75) is 13.8 Å². The molecule has 2 aromatic rings. The first kappa shape index (κ1) is 10.6. The lowest BCUT2D eigenvalue weighted by Crippen LogP contribution is -1.99. The molecule has 1 heterocycles. The van der Waals surface area contributed by atoms with Gasteiger partial charge in [0, 0.05) is 11.1 Å². The summed E-state index contributed by atoms with van der Waals surface area (Å²) in [5.74, 6) is 0.595. The molecule has 0 atom stereocenters. The van der Waals surface area contributed by atoms with E-state index < -0.39 is 0 Å². The Bertz CT molecular complexity index is 495. The maximum atomic E-state index is 5.14. The molecule has 0 aliphatic rings. The van der Waals surface area contributed by atoms with Crippen LogP contribution in [0.15, 0.2) is 30.3 Å². The predicted molar refractivity (Wildman–Crippen MR) is 63.5 cm³/mol. The number of rotatable bonds is 2. The average Bonchev–Trinajstić information content (AvgIpc) is 2.34. The summed E-state index contributed by atoms with van der Waals surface area (Å²) in [7, 11) is 1.61. The molecule has 16 heavy (non-hydrogen) atoms. The maximum absolute atomic E-state index is 5.14. The third kappa shape index (κ3) is 1.76. The number of hydrogen-bond acceptors (Lipinski definition) is 3. The number of aromatic nitrogens is 2. The normalized spacial score (nSPS) is 10.2. The first-order valence-corrected chi connectivity index (χ1v) is 5.17. The van der Waals surface area contributed by atoms with Gasteiger partial charge in [-0.15, -0.1) is 10.2 Å². The van der Waals surface area contributed by atoms with Crippen molar-refractivity contribution in [3.63, 3.8) is 0 Å². The van der Waals surface area contributed by atoms with Crippen LogP contribution in [0.5, 0.6) is 5.88 Å². The van der Waals surface area contributed by atoms with Gasteiger partial charge < -0.3 is 4.74 Å². The molecule has 0 bridgehead atoms. The summed E-state index contributed by atoms with van der Waals surface area (Å²) >= 11 is 0. The van der Waals surface area contributed by atoms with Gasteiger partial charge >= 0.3 is 0 Å². The minimum atomic E-state index is 0.595. The van der Waals surface area contributed by atoms with Crippen LogP contribution in [0.25, 0.3) is 11.3 Å². The van der Waals surface area contributed by atoms with Crippen molar-refractivity contribution in [1.29, 1.82) is 0 Å². The van der Waals surface area contributed by atoms with Gasteiger partial charge in [0.2, 0.25) is 5.88 Å². The van der Waals surface area contributed by atoms with Gasteiger partial charge in [-0.2, -0.15) is 0 Å². The van der Waals surface area contributed by atoms with E-state index in [9.17, 15) is 0 Å². The van der Waals surface area contributed by atoms with Gasteiger partial charge in [-0.1, -0.05) is 30.3 Å². The van der Waals surface area contributed by atoms with Crippen LogP contribution in [-0.2, 0) is 0 Å². The van der Waals surface area contributed by atoms with E-state index in [-0.39, 0.29) is 0 Å². The molecule has 3 heteroatoms. The Kier molecular flexibility index (Phi) is 2.86. The molecule has 0 amide bonds. The van der Waals surface area contributed by atoms with Gasteiger partial charge in [-0.05, 0) is 19.4 Å². The molecule has 82 valence electrons. The Morgan fingerprint density at radius 3 is 2.25 bits per heavy atom. The van der Waals surface area contributed by atoms with Crippen LogP contribution >= 0.6 is 0 Å².